The highest BCUT2D eigenvalue weighted by molar-refractivity contribution is 7.15. The number of carbonyl (C=O) groups is 2. The summed E-state index contributed by atoms with van der Waals surface area (Å²) in [5.41, 5.74) is 6.46. The minimum atomic E-state index is -1.26. The fourth-order valence-electron chi connectivity index (χ4n) is 2.55. The van der Waals surface area contributed by atoms with Gasteiger partial charge in [0, 0.05) is 22.5 Å². The molecule has 1 aromatic carbocycles. The number of nitrogens with one attached hydrogen (secondary N) is 1. The highest BCUT2D eigenvalue weighted by Gasteiger charge is 2.23. The lowest BCUT2D eigenvalue weighted by Crippen LogP contribution is -2.13. The summed E-state index contributed by atoms with van der Waals surface area (Å²) < 4.78 is 18.4. The van der Waals surface area contributed by atoms with E-state index < -0.39 is 17.7 Å². The van der Waals surface area contributed by atoms with Crippen LogP contribution in [-0.4, -0.2) is 17.0 Å². The first kappa shape index (κ1) is 19.1. The Bertz CT molecular complexity index is 1110. The van der Waals surface area contributed by atoms with Crippen LogP contribution in [0.2, 0.25) is 0 Å². The van der Waals surface area contributed by atoms with E-state index in [1.807, 2.05) is 6.07 Å². The Balaban J connectivity index is 1.94. The molecular formula is C20H15FN2O4S. The molecule has 6 nitrogen and oxygen atoms in total. The van der Waals surface area contributed by atoms with Crippen molar-refractivity contribution in [2.45, 2.75) is 0 Å². The molecule has 2 aromatic heterocycles. The van der Waals surface area contributed by atoms with Gasteiger partial charge in [-0.2, -0.15) is 0 Å². The lowest BCUT2D eigenvalue weighted by Gasteiger charge is -2.05. The maximum atomic E-state index is 12.9. The number of carbonyl (C=O) groups excluding carboxylic acids is 1. The van der Waals surface area contributed by atoms with Gasteiger partial charge in [-0.25, -0.2) is 9.18 Å². The van der Waals surface area contributed by atoms with Gasteiger partial charge in [-0.05, 0) is 29.9 Å². The zero-order valence-corrected chi connectivity index (χ0v) is 15.3. The zero-order valence-electron chi connectivity index (χ0n) is 14.4. The minimum absolute atomic E-state index is 0.0516. The normalized spacial score (nSPS) is 11.8. The number of para-hydroxylation sites is 1. The summed E-state index contributed by atoms with van der Waals surface area (Å²) in [5.74, 6) is -2.50. The smallest absolute Gasteiger partial charge is 0.339 e. The molecule has 0 unspecified atom stereocenters. The third-order valence-corrected chi connectivity index (χ3v) is 4.71. The molecule has 28 heavy (non-hydrogen) atoms. The van der Waals surface area contributed by atoms with E-state index in [2.05, 4.69) is 11.9 Å². The van der Waals surface area contributed by atoms with E-state index in [0.29, 0.717) is 5.58 Å². The Labute approximate surface area is 163 Å². The predicted molar refractivity (Wildman–Crippen MR) is 107 cm³/mol. The molecule has 1 amide bonds. The summed E-state index contributed by atoms with van der Waals surface area (Å²) in [7, 11) is 0. The Morgan fingerprint density at radius 3 is 2.68 bits per heavy atom. The first-order valence-corrected chi connectivity index (χ1v) is 8.88. The van der Waals surface area contributed by atoms with Gasteiger partial charge in [0.15, 0.2) is 5.76 Å². The number of rotatable bonds is 6. The Morgan fingerprint density at radius 1 is 1.29 bits per heavy atom. The average Bonchev–Trinajstić information content (AvgIpc) is 3.26. The van der Waals surface area contributed by atoms with E-state index in [-0.39, 0.29) is 27.5 Å². The maximum Gasteiger partial charge on any atom is 0.339 e. The first-order valence-electron chi connectivity index (χ1n) is 8.00. The van der Waals surface area contributed by atoms with Gasteiger partial charge in [0.05, 0.1) is 0 Å². The Hall–Kier alpha value is -3.65. The van der Waals surface area contributed by atoms with Crippen LogP contribution >= 0.6 is 11.3 Å². The van der Waals surface area contributed by atoms with Gasteiger partial charge >= 0.3 is 5.97 Å². The molecule has 0 aliphatic heterocycles. The molecule has 3 aromatic rings. The summed E-state index contributed by atoms with van der Waals surface area (Å²) >= 11 is 1.01. The number of halogens is 1. The van der Waals surface area contributed by atoms with Crippen LogP contribution in [0.15, 0.2) is 70.9 Å². The Kier molecular flexibility index (Phi) is 5.42. The number of hydrogen-bond acceptors (Lipinski definition) is 5. The van der Waals surface area contributed by atoms with Crippen molar-refractivity contribution in [3.63, 3.8) is 0 Å². The second-order valence-corrected chi connectivity index (χ2v) is 6.54. The quantitative estimate of drug-likeness (QED) is 0.518. The maximum absolute atomic E-state index is 12.9. The highest BCUT2D eigenvalue weighted by Crippen LogP contribution is 2.34. The summed E-state index contributed by atoms with van der Waals surface area (Å²) in [5, 5.41) is 14.5. The van der Waals surface area contributed by atoms with E-state index >= 15 is 0 Å². The third-order valence-electron chi connectivity index (χ3n) is 3.82. The fraction of sp³-hybridized carbons (Fsp3) is 0. The van der Waals surface area contributed by atoms with Crippen LogP contribution in [0, 0.1) is 0 Å². The first-order chi connectivity index (χ1) is 13.4. The van der Waals surface area contributed by atoms with Crippen molar-refractivity contribution in [1.29, 1.82) is 0 Å². The summed E-state index contributed by atoms with van der Waals surface area (Å²) in [6.45, 7) is 3.11. The average molecular weight is 398 g/mol. The number of fused-ring (bicyclic) bond motifs is 1. The number of thiophene rings is 1. The number of carboxylic acid groups (broad SMARTS) is 1. The van der Waals surface area contributed by atoms with Crippen molar-refractivity contribution < 1.29 is 23.5 Å². The fourth-order valence-corrected chi connectivity index (χ4v) is 3.50. The molecule has 3 rings (SSSR count). The van der Waals surface area contributed by atoms with Crippen molar-refractivity contribution in [3.8, 4) is 0 Å². The predicted octanol–water partition coefficient (Wildman–Crippen LogP) is 4.78. The molecule has 0 fully saturated rings. The van der Waals surface area contributed by atoms with Gasteiger partial charge in [0.1, 0.15) is 22.0 Å². The lowest BCUT2D eigenvalue weighted by atomic mass is 10.0. The number of benzene rings is 1. The molecule has 4 N–H and O–H groups in total. The number of allylic oxidation sites excluding steroid dienone is 4. The van der Waals surface area contributed by atoms with Gasteiger partial charge in [0.2, 0.25) is 0 Å². The van der Waals surface area contributed by atoms with Crippen molar-refractivity contribution in [1.82, 2.24) is 0 Å². The molecule has 0 radical (unpaired) electrons. The van der Waals surface area contributed by atoms with Crippen molar-refractivity contribution >= 4 is 44.8 Å². The monoisotopic (exact) mass is 398 g/mol. The Morgan fingerprint density at radius 2 is 2.04 bits per heavy atom. The van der Waals surface area contributed by atoms with E-state index in [9.17, 15) is 19.1 Å². The largest absolute Gasteiger partial charge is 0.478 e. The van der Waals surface area contributed by atoms with Crippen LogP contribution in [0.5, 0.6) is 0 Å². The van der Waals surface area contributed by atoms with Crippen molar-refractivity contribution in [2.24, 2.45) is 5.73 Å². The van der Waals surface area contributed by atoms with Gasteiger partial charge in [-0.15, -0.1) is 11.3 Å². The van der Waals surface area contributed by atoms with Crippen LogP contribution in [0.25, 0.3) is 16.5 Å². The van der Waals surface area contributed by atoms with E-state index in [1.54, 1.807) is 24.3 Å². The number of nitrogens with two attached hydrogens (primary N) is 1. The number of furan rings is 1. The van der Waals surface area contributed by atoms with E-state index in [4.69, 9.17) is 10.2 Å². The standard InChI is InChI=1S/C20H15FN2O4S/c1-11(21)6-7-13(9-22)14-10-28-19(17(14)20(25)26)23-18(24)16-8-12-4-2-3-5-15(12)27-16/h2-10H,1,22H2,(H,23,24)(H,25,26)/b7-6-,13-9+. The van der Waals surface area contributed by atoms with E-state index in [1.165, 1.54) is 11.5 Å². The number of anilines is 1. The molecule has 0 aliphatic rings. The van der Waals surface area contributed by atoms with Crippen LogP contribution in [-0.2, 0) is 0 Å². The number of carboxylic acids is 1. The van der Waals surface area contributed by atoms with E-state index in [0.717, 1.165) is 29.0 Å². The molecular weight excluding hydrogens is 383 g/mol. The lowest BCUT2D eigenvalue weighted by molar-refractivity contribution is 0.0698. The number of amides is 1. The van der Waals surface area contributed by atoms with Gasteiger partial charge in [-0.1, -0.05) is 24.8 Å². The van der Waals surface area contributed by atoms with Gasteiger partial charge in [-0.3, -0.25) is 4.79 Å². The number of hydrogen-bond donors (Lipinski definition) is 3. The van der Waals surface area contributed by atoms with Crippen molar-refractivity contribution in [3.05, 3.63) is 83.4 Å². The van der Waals surface area contributed by atoms with Crippen molar-refractivity contribution in [2.75, 3.05) is 5.32 Å². The highest BCUT2D eigenvalue weighted by atomic mass is 32.1. The summed E-state index contributed by atoms with van der Waals surface area (Å²) in [6, 6.07) is 8.68. The van der Waals surface area contributed by atoms with Crippen LogP contribution in [0.4, 0.5) is 9.39 Å². The van der Waals surface area contributed by atoms with Crippen LogP contribution in [0.1, 0.15) is 26.5 Å². The molecule has 0 saturated heterocycles. The molecule has 0 bridgehead atoms. The molecule has 0 atom stereocenters. The molecule has 0 spiro atoms. The molecule has 0 aliphatic carbocycles. The van der Waals surface area contributed by atoms with Crippen LogP contribution in [0.3, 0.4) is 0 Å². The topological polar surface area (TPSA) is 106 Å². The summed E-state index contributed by atoms with van der Waals surface area (Å²) in [6.07, 6.45) is 3.52. The zero-order chi connectivity index (χ0) is 20.3. The van der Waals surface area contributed by atoms with Gasteiger partial charge in [0.25, 0.3) is 5.91 Å². The second-order valence-electron chi connectivity index (χ2n) is 5.66. The SMILES string of the molecule is C=C(F)/C=C\C(=C/N)c1csc(NC(=O)c2cc3ccccc3o2)c1C(=O)O. The summed E-state index contributed by atoms with van der Waals surface area (Å²) in [4.78, 5) is 24.3. The second kappa shape index (κ2) is 7.93. The van der Waals surface area contributed by atoms with Gasteiger partial charge < -0.3 is 20.6 Å². The molecule has 2 heterocycles. The number of aromatic carboxylic acids is 1. The molecule has 142 valence electrons. The van der Waals surface area contributed by atoms with Crippen LogP contribution < -0.4 is 11.1 Å². The minimum Gasteiger partial charge on any atom is -0.478 e. The molecule has 8 heteroatoms. The molecule has 0 saturated carbocycles. The third kappa shape index (κ3) is 3.86.